The molecule has 8 aliphatic rings. The summed E-state index contributed by atoms with van der Waals surface area (Å²) in [5, 5.41) is 48.0. The number of nitrogens with zero attached hydrogens (tertiary/aromatic N) is 1. The van der Waals surface area contributed by atoms with Crippen LogP contribution in [-0.2, 0) is 23.7 Å². The van der Waals surface area contributed by atoms with Gasteiger partial charge in [0.05, 0.1) is 60.4 Å². The molecule has 5 aliphatic heterocycles. The summed E-state index contributed by atoms with van der Waals surface area (Å²) in [5.74, 6) is 9.64. The van der Waals surface area contributed by atoms with Gasteiger partial charge in [0.1, 0.15) is 12.2 Å². The number of esters is 1. The number of aliphatic hydroxyl groups excluding tert-OH is 3. The van der Waals surface area contributed by atoms with E-state index in [2.05, 4.69) is 33.1 Å². The van der Waals surface area contributed by atoms with E-state index in [0.717, 1.165) is 109 Å². The summed E-state index contributed by atoms with van der Waals surface area (Å²) in [6, 6.07) is 0. The second-order valence-corrected chi connectivity index (χ2v) is 20.7. The molecule has 350 valence electrons. The summed E-state index contributed by atoms with van der Waals surface area (Å²) < 4.78 is 26.5. The molecule has 0 aromatic carbocycles. The number of carbonyl (C=O) groups is 1. The monoisotopic (exact) mass is 869 g/mol. The molecule has 14 nitrogen and oxygen atoms in total. The van der Waals surface area contributed by atoms with Crippen molar-refractivity contribution in [3.8, 4) is 11.8 Å². The van der Waals surface area contributed by atoms with E-state index in [1.807, 2.05) is 0 Å². The summed E-state index contributed by atoms with van der Waals surface area (Å²) in [4.78, 5) is 17.4. The zero-order chi connectivity index (χ0) is 43.1. The number of ether oxygens (including phenoxy) is 4. The molecule has 9 N–H and O–H groups in total. The quantitative estimate of drug-likeness (QED) is 0.0856. The maximum atomic E-state index is 12.5. The van der Waals surface area contributed by atoms with Crippen LogP contribution in [0.25, 0.3) is 0 Å². The first-order valence-electron chi connectivity index (χ1n) is 25.0. The van der Waals surface area contributed by atoms with Crippen LogP contribution >= 0.6 is 0 Å². The fourth-order valence-electron chi connectivity index (χ4n) is 12.8. The number of rotatable bonds is 11. The topological polar surface area (TPSA) is 201 Å². The molecule has 14 heteroatoms. The maximum absolute atomic E-state index is 12.5. The number of aliphatic hydroxyl groups is 3. The largest absolute Gasteiger partial charge is 0.462 e. The van der Waals surface area contributed by atoms with E-state index in [0.29, 0.717) is 62.9 Å². The fraction of sp³-hybridized carbons (Fsp3) is 0.917. The van der Waals surface area contributed by atoms with E-state index in [1.165, 1.54) is 26.2 Å². The van der Waals surface area contributed by atoms with E-state index >= 15 is 0 Å². The highest BCUT2D eigenvalue weighted by Crippen LogP contribution is 2.44. The van der Waals surface area contributed by atoms with Crippen LogP contribution in [0.15, 0.2) is 4.99 Å². The molecule has 17 atom stereocenters. The van der Waals surface area contributed by atoms with Crippen LogP contribution in [0.5, 0.6) is 0 Å². The smallest absolute Gasteiger partial charge is 0.302 e. The number of nitrogens with one attached hydrogen (secondary N) is 4. The van der Waals surface area contributed by atoms with E-state index in [1.54, 1.807) is 0 Å². The molecule has 62 heavy (non-hydrogen) atoms. The van der Waals surface area contributed by atoms with Crippen molar-refractivity contribution in [1.82, 2.24) is 21.3 Å². The average molecular weight is 869 g/mol. The third-order valence-electron chi connectivity index (χ3n) is 16.2. The number of hydrogen-bond donors (Lipinski definition) is 8. The molecule has 3 saturated carbocycles. The Morgan fingerprint density at radius 1 is 0.887 bits per heavy atom. The Morgan fingerprint density at radius 3 is 2.56 bits per heavy atom. The van der Waals surface area contributed by atoms with Gasteiger partial charge in [0.15, 0.2) is 5.96 Å². The van der Waals surface area contributed by atoms with Crippen LogP contribution in [0.1, 0.15) is 135 Å². The summed E-state index contributed by atoms with van der Waals surface area (Å²) in [6.45, 7) is 6.68. The van der Waals surface area contributed by atoms with E-state index in [4.69, 9.17) is 29.7 Å². The minimum Gasteiger partial charge on any atom is -0.462 e. The average Bonchev–Trinajstić information content (AvgIpc) is 3.28. The van der Waals surface area contributed by atoms with Gasteiger partial charge in [-0.15, -0.1) is 5.92 Å². The van der Waals surface area contributed by atoms with Crippen molar-refractivity contribution in [1.29, 1.82) is 0 Å². The number of piperidine rings is 2. The minimum atomic E-state index is -0.943. The summed E-state index contributed by atoms with van der Waals surface area (Å²) in [5.41, 5.74) is 5.89. The zero-order valence-electron chi connectivity index (χ0n) is 37.5. The van der Waals surface area contributed by atoms with Gasteiger partial charge < -0.3 is 61.3 Å². The number of carbonyl (C=O) groups excluding carboxylic acids is 1. The second kappa shape index (κ2) is 22.0. The van der Waals surface area contributed by atoms with Gasteiger partial charge in [0.2, 0.25) is 0 Å². The van der Waals surface area contributed by atoms with Gasteiger partial charge >= 0.3 is 5.97 Å². The summed E-state index contributed by atoms with van der Waals surface area (Å²) in [7, 11) is 0. The highest BCUT2D eigenvalue weighted by atomic mass is 16.6. The lowest BCUT2D eigenvalue weighted by Gasteiger charge is -2.49. The molecule has 6 fully saturated rings. The molecule has 1 spiro atoms. The highest BCUT2D eigenvalue weighted by molar-refractivity contribution is 5.81. The lowest BCUT2D eigenvalue weighted by molar-refractivity contribution is -0.189. The van der Waals surface area contributed by atoms with E-state index in [9.17, 15) is 20.1 Å². The summed E-state index contributed by atoms with van der Waals surface area (Å²) >= 11 is 0. The van der Waals surface area contributed by atoms with Gasteiger partial charge in [-0.1, -0.05) is 5.92 Å². The predicted octanol–water partition coefficient (Wildman–Crippen LogP) is 3.24. The van der Waals surface area contributed by atoms with Gasteiger partial charge in [0.25, 0.3) is 0 Å². The Labute approximate surface area is 370 Å². The second-order valence-electron chi connectivity index (χ2n) is 20.7. The standard InChI is InChI=1S/C48H80N6O8/c1-30(55)60-36-27-41(62-42(28-36)35-25-39(57)46(58)44(26-35)59-21-14-32-7-4-17-50-29-32)34-8-2-9-37-40(61-43-23-33(22-34)11-12-38(43)56)10-3-15-48(37)16-20-53-47(54-48)52-18-5-6-31-13-19-51-45(49)24-31/h31-46,50-51,56-58H,3-8,10-29,49H2,1H3,(H2,52,53,54)/t31?,32?,33?,34-,35?,36+,37-,38?,39?,40+,41-,42+,43?,44?,45?,46?,48+/m1/s1. The minimum absolute atomic E-state index is 0.0559. The third-order valence-corrected chi connectivity index (χ3v) is 16.2. The Morgan fingerprint density at radius 2 is 1.74 bits per heavy atom. The molecule has 10 unspecified atom stereocenters. The Kier molecular flexibility index (Phi) is 16.5. The first-order chi connectivity index (χ1) is 30.1. The molecule has 2 bridgehead atoms. The van der Waals surface area contributed by atoms with Crippen LogP contribution in [0.4, 0.5) is 0 Å². The van der Waals surface area contributed by atoms with Gasteiger partial charge in [-0.05, 0) is 158 Å². The molecule has 0 aromatic heterocycles. The predicted molar refractivity (Wildman–Crippen MR) is 237 cm³/mol. The maximum Gasteiger partial charge on any atom is 0.302 e. The Bertz CT molecular complexity index is 1540. The van der Waals surface area contributed by atoms with E-state index in [-0.39, 0.29) is 65.9 Å². The van der Waals surface area contributed by atoms with Crippen molar-refractivity contribution in [2.45, 2.75) is 202 Å². The van der Waals surface area contributed by atoms with Crippen molar-refractivity contribution in [3.05, 3.63) is 0 Å². The first kappa shape index (κ1) is 46.5. The van der Waals surface area contributed by atoms with Crippen molar-refractivity contribution in [2.75, 3.05) is 39.3 Å². The van der Waals surface area contributed by atoms with Crippen molar-refractivity contribution >= 4 is 11.9 Å². The SMILES string of the molecule is CC(=O)O[C@@H]1C[C@@H](C2CC(O)C(O)C(OCCC3CCCNC3)C2)O[C@@H]([C@@H]2CC#C[C@@H]3[C@H](CCC[C@]34CCN=C(NCCCC3CCNC(N)C3)N4)OC3CC(CCC3O)C2)C1. The molecule has 0 aromatic rings. The lowest BCUT2D eigenvalue weighted by atomic mass is 9.68. The summed E-state index contributed by atoms with van der Waals surface area (Å²) in [6.07, 6.45) is 13.8. The van der Waals surface area contributed by atoms with Crippen LogP contribution in [0.3, 0.4) is 0 Å². The lowest BCUT2D eigenvalue weighted by Crippen LogP contribution is -2.64. The van der Waals surface area contributed by atoms with Crippen LogP contribution in [0.2, 0.25) is 0 Å². The Balaban J connectivity index is 0.968. The fourth-order valence-corrected chi connectivity index (χ4v) is 12.8. The molecule has 0 radical (unpaired) electrons. The number of hydrogen-bond acceptors (Lipinski definition) is 14. The van der Waals surface area contributed by atoms with Crippen LogP contribution < -0.4 is 27.0 Å². The van der Waals surface area contributed by atoms with Crippen molar-refractivity contribution in [3.63, 3.8) is 0 Å². The Hall–Kier alpha value is -2.06. The number of nitrogens with two attached hydrogens (primary N) is 1. The first-order valence-corrected chi connectivity index (χ1v) is 25.0. The van der Waals surface area contributed by atoms with Crippen molar-refractivity contribution < 1.29 is 39.1 Å². The molecule has 5 heterocycles. The molecular weight excluding hydrogens is 789 g/mol. The zero-order valence-corrected chi connectivity index (χ0v) is 37.5. The van der Waals surface area contributed by atoms with Crippen molar-refractivity contribution in [2.24, 2.45) is 46.2 Å². The van der Waals surface area contributed by atoms with Crippen LogP contribution in [0, 0.1) is 47.3 Å². The molecule has 8 rings (SSSR count). The van der Waals surface area contributed by atoms with Crippen LogP contribution in [-0.4, -0.2) is 133 Å². The molecule has 0 amide bonds. The molecular formula is C48H80N6O8. The normalized spacial score (nSPS) is 44.0. The number of fused-ring (bicyclic) bond motifs is 4. The van der Waals surface area contributed by atoms with Gasteiger partial charge in [-0.3, -0.25) is 9.79 Å². The highest BCUT2D eigenvalue weighted by Gasteiger charge is 2.50. The van der Waals surface area contributed by atoms with Gasteiger partial charge in [-0.2, -0.15) is 0 Å². The van der Waals surface area contributed by atoms with Gasteiger partial charge in [-0.25, -0.2) is 0 Å². The molecule has 3 saturated heterocycles. The third kappa shape index (κ3) is 12.0. The van der Waals surface area contributed by atoms with E-state index < -0.39 is 24.4 Å². The number of guanidine groups is 1. The van der Waals surface area contributed by atoms with Gasteiger partial charge in [0, 0.05) is 45.9 Å². The molecule has 3 aliphatic carbocycles. The number of aliphatic imine (C=N–C) groups is 1.